The lowest BCUT2D eigenvalue weighted by molar-refractivity contribution is 0.351. The van der Waals surface area contributed by atoms with Crippen molar-refractivity contribution < 1.29 is 4.74 Å². The Balaban J connectivity index is 1.66. The van der Waals surface area contributed by atoms with Gasteiger partial charge in [-0.2, -0.15) is 0 Å². The number of halogens is 1. The molecule has 0 saturated heterocycles. The molecule has 2 nitrogen and oxygen atoms in total. The van der Waals surface area contributed by atoms with E-state index in [1.165, 1.54) is 34.9 Å². The molecule has 1 heterocycles. The summed E-state index contributed by atoms with van der Waals surface area (Å²) >= 11 is 3.59. The summed E-state index contributed by atoms with van der Waals surface area (Å²) in [6, 6.07) is 4.36. The summed E-state index contributed by atoms with van der Waals surface area (Å²) < 4.78 is 6.92. The standard InChI is InChI=1S/C15H20BrNO/c1-2-15(4-5-15)10-17-9-12-8-13(16)7-11-3-6-18-14(11)12/h7-8,17H,2-6,9-10H2,1H3. The third kappa shape index (κ3) is 2.43. The average molecular weight is 310 g/mol. The van der Waals surface area contributed by atoms with Gasteiger partial charge >= 0.3 is 0 Å². The van der Waals surface area contributed by atoms with E-state index in [9.17, 15) is 0 Å². The van der Waals surface area contributed by atoms with Crippen LogP contribution in [0.2, 0.25) is 0 Å². The minimum absolute atomic E-state index is 0.607. The second kappa shape index (κ2) is 4.86. The molecule has 1 aromatic rings. The summed E-state index contributed by atoms with van der Waals surface area (Å²) in [6.45, 7) is 5.20. The third-order valence-corrected chi connectivity index (χ3v) is 4.81. The Morgan fingerprint density at radius 2 is 2.22 bits per heavy atom. The van der Waals surface area contributed by atoms with E-state index in [-0.39, 0.29) is 0 Å². The number of hydrogen-bond donors (Lipinski definition) is 1. The van der Waals surface area contributed by atoms with Crippen molar-refractivity contribution >= 4 is 15.9 Å². The second-order valence-electron chi connectivity index (χ2n) is 5.61. The molecule has 0 atom stereocenters. The Morgan fingerprint density at radius 3 is 2.94 bits per heavy atom. The van der Waals surface area contributed by atoms with Gasteiger partial charge < -0.3 is 10.1 Å². The van der Waals surface area contributed by atoms with Crippen molar-refractivity contribution in [2.24, 2.45) is 5.41 Å². The number of rotatable bonds is 5. The van der Waals surface area contributed by atoms with E-state index in [2.05, 4.69) is 40.3 Å². The fraction of sp³-hybridized carbons (Fsp3) is 0.600. The van der Waals surface area contributed by atoms with Crippen molar-refractivity contribution in [1.82, 2.24) is 5.32 Å². The van der Waals surface area contributed by atoms with Crippen LogP contribution in [0, 0.1) is 5.41 Å². The van der Waals surface area contributed by atoms with Crippen molar-refractivity contribution in [3.8, 4) is 5.75 Å². The zero-order valence-corrected chi connectivity index (χ0v) is 12.5. The van der Waals surface area contributed by atoms with Crippen molar-refractivity contribution in [2.75, 3.05) is 13.2 Å². The molecule has 3 heteroatoms. The summed E-state index contributed by atoms with van der Waals surface area (Å²) in [4.78, 5) is 0. The number of fused-ring (bicyclic) bond motifs is 1. The molecule has 18 heavy (non-hydrogen) atoms. The monoisotopic (exact) mass is 309 g/mol. The van der Waals surface area contributed by atoms with Crippen LogP contribution in [0.25, 0.3) is 0 Å². The Hall–Kier alpha value is -0.540. The lowest BCUT2D eigenvalue weighted by Crippen LogP contribution is -2.23. The zero-order valence-electron chi connectivity index (χ0n) is 10.9. The van der Waals surface area contributed by atoms with Gasteiger partial charge in [-0.1, -0.05) is 22.9 Å². The van der Waals surface area contributed by atoms with Crippen LogP contribution in [0.15, 0.2) is 16.6 Å². The highest BCUT2D eigenvalue weighted by molar-refractivity contribution is 9.10. The minimum atomic E-state index is 0.607. The summed E-state index contributed by atoms with van der Waals surface area (Å²) in [5, 5.41) is 3.61. The lowest BCUT2D eigenvalue weighted by Gasteiger charge is -2.15. The first-order valence-corrected chi connectivity index (χ1v) is 7.67. The van der Waals surface area contributed by atoms with Crippen LogP contribution in [-0.4, -0.2) is 13.2 Å². The molecule has 0 aromatic heterocycles. The Bertz CT molecular complexity index is 454. The van der Waals surface area contributed by atoms with Gasteiger partial charge in [0.2, 0.25) is 0 Å². The molecule has 3 rings (SSSR count). The third-order valence-electron chi connectivity index (χ3n) is 4.35. The molecule has 0 bridgehead atoms. The Kier molecular flexibility index (Phi) is 3.37. The van der Waals surface area contributed by atoms with Gasteiger partial charge in [-0.25, -0.2) is 0 Å². The predicted octanol–water partition coefficient (Wildman–Crippen LogP) is 3.66. The topological polar surface area (TPSA) is 21.3 Å². The zero-order chi connectivity index (χ0) is 12.6. The van der Waals surface area contributed by atoms with Crippen LogP contribution in [0.5, 0.6) is 5.75 Å². The maximum atomic E-state index is 5.75. The van der Waals surface area contributed by atoms with Crippen LogP contribution in [0.3, 0.4) is 0 Å². The normalized spacial score (nSPS) is 19.4. The fourth-order valence-corrected chi connectivity index (χ4v) is 3.32. The predicted molar refractivity (Wildman–Crippen MR) is 77.0 cm³/mol. The maximum absolute atomic E-state index is 5.75. The second-order valence-corrected chi connectivity index (χ2v) is 6.52. The van der Waals surface area contributed by atoms with Gasteiger partial charge in [0.25, 0.3) is 0 Å². The molecule has 98 valence electrons. The maximum Gasteiger partial charge on any atom is 0.127 e. The van der Waals surface area contributed by atoms with E-state index < -0.39 is 0 Å². The molecule has 2 aliphatic rings. The van der Waals surface area contributed by atoms with Gasteiger partial charge in [0.15, 0.2) is 0 Å². The number of ether oxygens (including phenoxy) is 1. The van der Waals surface area contributed by atoms with E-state index in [0.29, 0.717) is 5.41 Å². The minimum Gasteiger partial charge on any atom is -0.493 e. The van der Waals surface area contributed by atoms with E-state index in [0.717, 1.165) is 31.9 Å². The summed E-state index contributed by atoms with van der Waals surface area (Å²) in [7, 11) is 0. The molecule has 0 spiro atoms. The van der Waals surface area contributed by atoms with Crippen LogP contribution < -0.4 is 10.1 Å². The highest BCUT2D eigenvalue weighted by Gasteiger charge is 2.39. The molecule has 1 saturated carbocycles. The first-order valence-electron chi connectivity index (χ1n) is 6.87. The van der Waals surface area contributed by atoms with Crippen LogP contribution >= 0.6 is 15.9 Å². The van der Waals surface area contributed by atoms with Gasteiger partial charge in [-0.15, -0.1) is 0 Å². The fourth-order valence-electron chi connectivity index (χ4n) is 2.77. The lowest BCUT2D eigenvalue weighted by atomic mass is 10.0. The summed E-state index contributed by atoms with van der Waals surface area (Å²) in [5.74, 6) is 1.12. The molecule has 0 radical (unpaired) electrons. The van der Waals surface area contributed by atoms with Crippen LogP contribution in [-0.2, 0) is 13.0 Å². The number of nitrogens with one attached hydrogen (secondary N) is 1. The van der Waals surface area contributed by atoms with Crippen LogP contribution in [0.4, 0.5) is 0 Å². The summed E-state index contributed by atoms with van der Waals surface area (Å²) in [5.41, 5.74) is 3.25. The van der Waals surface area contributed by atoms with Gasteiger partial charge in [-0.3, -0.25) is 0 Å². The first-order chi connectivity index (χ1) is 8.72. The van der Waals surface area contributed by atoms with E-state index in [1.54, 1.807) is 0 Å². The molecule has 1 aromatic carbocycles. The first kappa shape index (κ1) is 12.5. The van der Waals surface area contributed by atoms with E-state index >= 15 is 0 Å². The average Bonchev–Trinajstić information content (AvgIpc) is 2.98. The molecule has 1 fully saturated rings. The number of benzene rings is 1. The van der Waals surface area contributed by atoms with Crippen molar-refractivity contribution in [1.29, 1.82) is 0 Å². The van der Waals surface area contributed by atoms with Crippen molar-refractivity contribution in [3.05, 3.63) is 27.7 Å². The van der Waals surface area contributed by atoms with Crippen molar-refractivity contribution in [2.45, 2.75) is 39.2 Å². The summed E-state index contributed by atoms with van der Waals surface area (Å²) in [6.07, 6.45) is 5.13. The van der Waals surface area contributed by atoms with E-state index in [1.807, 2.05) is 0 Å². The number of hydrogen-bond acceptors (Lipinski definition) is 2. The van der Waals surface area contributed by atoms with Crippen LogP contribution in [0.1, 0.15) is 37.3 Å². The Morgan fingerprint density at radius 1 is 1.39 bits per heavy atom. The Labute approximate surface area is 117 Å². The molecular weight excluding hydrogens is 290 g/mol. The van der Waals surface area contributed by atoms with Gasteiger partial charge in [0.05, 0.1) is 6.61 Å². The quantitative estimate of drug-likeness (QED) is 0.896. The molecule has 0 amide bonds. The molecule has 1 aliphatic heterocycles. The molecule has 1 N–H and O–H groups in total. The van der Waals surface area contributed by atoms with Gasteiger partial charge in [0.1, 0.15) is 5.75 Å². The SMILES string of the molecule is CCC1(CNCc2cc(Br)cc3c2OCC3)CC1. The van der Waals surface area contributed by atoms with Gasteiger partial charge in [0, 0.05) is 29.5 Å². The highest BCUT2D eigenvalue weighted by Crippen LogP contribution is 2.48. The molecular formula is C15H20BrNO. The molecule has 1 aliphatic carbocycles. The molecule has 0 unspecified atom stereocenters. The largest absolute Gasteiger partial charge is 0.493 e. The van der Waals surface area contributed by atoms with Gasteiger partial charge in [-0.05, 0) is 42.4 Å². The smallest absolute Gasteiger partial charge is 0.127 e. The van der Waals surface area contributed by atoms with E-state index in [4.69, 9.17) is 4.74 Å². The highest BCUT2D eigenvalue weighted by atomic mass is 79.9. The van der Waals surface area contributed by atoms with Crippen molar-refractivity contribution in [3.63, 3.8) is 0 Å².